The topological polar surface area (TPSA) is 72.8 Å². The molecule has 0 aromatic heterocycles. The number of aliphatic hydroxyl groups is 1. The number of hydrogen-bond donors (Lipinski definition) is 1. The summed E-state index contributed by atoms with van der Waals surface area (Å²) in [5, 5.41) is 12.4. The third-order valence-electron chi connectivity index (χ3n) is 13.2. The van der Waals surface area contributed by atoms with Gasteiger partial charge in [-0.3, -0.25) is 9.59 Å². The summed E-state index contributed by atoms with van der Waals surface area (Å²) < 4.78 is 32.0. The first-order valence-electron chi connectivity index (χ1n) is 16.0. The van der Waals surface area contributed by atoms with Gasteiger partial charge in [0.25, 0.3) is 0 Å². The molecule has 8 atom stereocenters. The van der Waals surface area contributed by atoms with Gasteiger partial charge >= 0.3 is 0 Å². The molecule has 0 aromatic carbocycles. The molecule has 0 spiro atoms. The Labute approximate surface area is 256 Å². The summed E-state index contributed by atoms with van der Waals surface area (Å²) in [5.74, 6) is -1.34. The van der Waals surface area contributed by atoms with Gasteiger partial charge in [-0.05, 0) is 92.9 Å². The van der Waals surface area contributed by atoms with Crippen LogP contribution in [-0.4, -0.2) is 57.3 Å². The summed E-state index contributed by atoms with van der Waals surface area (Å²) in [6.45, 7) is 27.1. The van der Waals surface area contributed by atoms with Gasteiger partial charge in [0.1, 0.15) is 5.60 Å². The monoisotopic (exact) mass is 620 g/mol. The highest BCUT2D eigenvalue weighted by Gasteiger charge is 2.76. The number of ketones is 2. The lowest BCUT2D eigenvalue weighted by atomic mass is 9.44. The quantitative estimate of drug-likeness (QED) is 0.305. The maximum atomic E-state index is 18.6. The minimum atomic E-state index is -2.48. The van der Waals surface area contributed by atoms with Gasteiger partial charge in [-0.2, -0.15) is 0 Å². The van der Waals surface area contributed by atoms with Gasteiger partial charge in [0, 0.05) is 16.7 Å². The van der Waals surface area contributed by atoms with Crippen LogP contribution >= 0.6 is 0 Å². The van der Waals surface area contributed by atoms with E-state index in [4.69, 9.17) is 8.85 Å². The minimum Gasteiger partial charge on any atom is -0.411 e. The van der Waals surface area contributed by atoms with Gasteiger partial charge in [0.2, 0.25) is 0 Å². The van der Waals surface area contributed by atoms with Crippen molar-refractivity contribution in [1.82, 2.24) is 0 Å². The van der Waals surface area contributed by atoms with Crippen molar-refractivity contribution in [3.63, 3.8) is 0 Å². The second-order valence-corrected chi connectivity index (χ2v) is 27.1. The van der Waals surface area contributed by atoms with Crippen LogP contribution < -0.4 is 0 Å². The third-order valence-corrected chi connectivity index (χ3v) is 22.2. The van der Waals surface area contributed by atoms with Gasteiger partial charge in [-0.25, -0.2) is 4.39 Å². The lowest BCUT2D eigenvalue weighted by Gasteiger charge is -2.64. The lowest BCUT2D eigenvalue weighted by molar-refractivity contribution is -0.215. The molecule has 0 aliphatic heterocycles. The number of allylic oxidation sites excluding steroid dienone is 4. The molecular weight excluding hydrogens is 564 g/mol. The second kappa shape index (κ2) is 10.0. The molecule has 4 rings (SSSR count). The van der Waals surface area contributed by atoms with Crippen LogP contribution in [0.2, 0.25) is 36.3 Å². The van der Waals surface area contributed by atoms with E-state index in [2.05, 4.69) is 67.7 Å². The fraction of sp³-hybridized carbons (Fsp3) is 0.824. The SMILES string of the molecule is C[C@@H]1C[C@H]2[C@@H]3CCC4=CC(=O)C=C[C@]4(C)[C@@]3(F)[C@@H](O[Si](C)(C)C(C)(C)C)C[C@]2(C)[C@@]1(O)C(=O)CO[Si](C)(C)C(C)(C)C. The van der Waals surface area contributed by atoms with E-state index < -0.39 is 50.8 Å². The zero-order chi connectivity index (χ0) is 32.1. The van der Waals surface area contributed by atoms with Gasteiger partial charge in [-0.1, -0.05) is 67.0 Å². The molecule has 4 aliphatic rings. The van der Waals surface area contributed by atoms with E-state index in [0.29, 0.717) is 19.3 Å². The highest BCUT2D eigenvalue weighted by Crippen LogP contribution is 2.71. The summed E-state index contributed by atoms with van der Waals surface area (Å²) in [4.78, 5) is 26.6. The Morgan fingerprint density at radius 2 is 1.62 bits per heavy atom. The summed E-state index contributed by atoms with van der Waals surface area (Å²) in [6, 6.07) is 0. The number of carbonyl (C=O) groups excluding carboxylic acids is 2. The minimum absolute atomic E-state index is 0.0674. The number of hydrogen-bond acceptors (Lipinski definition) is 5. The Bertz CT molecular complexity index is 1200. The van der Waals surface area contributed by atoms with Crippen molar-refractivity contribution in [3.8, 4) is 0 Å². The Hall–Kier alpha value is -0.936. The molecule has 0 amide bonds. The molecule has 0 saturated heterocycles. The average molecular weight is 621 g/mol. The molecule has 8 heteroatoms. The molecule has 1 N–H and O–H groups in total. The number of alkyl halides is 1. The molecule has 3 fully saturated rings. The van der Waals surface area contributed by atoms with Crippen LogP contribution in [0.1, 0.15) is 88.0 Å². The van der Waals surface area contributed by atoms with E-state index >= 15 is 4.39 Å². The predicted molar refractivity (Wildman–Crippen MR) is 172 cm³/mol. The standard InChI is InChI=1S/C34H57FO5Si2/c1-22-18-26-25-15-14-23-19-24(36)16-17-31(23,8)33(25,35)28(40-42(12,13)30(5,6)7)20-32(26,9)34(22,38)27(37)21-39-41(10,11)29(2,3)4/h16-17,19,22,25-26,28,38H,14-15,18,20-21H2,1-13H3/t22-,25+,26+,28+,31+,32+,33+,34+/m1/s1. The number of rotatable bonds is 6. The number of halogens is 1. The number of Topliss-reactive ketones (excluding diaryl/α,β-unsaturated/α-hetero) is 1. The molecule has 0 unspecified atom stereocenters. The van der Waals surface area contributed by atoms with Crippen LogP contribution in [0, 0.1) is 28.6 Å². The third kappa shape index (κ3) is 4.67. The molecule has 0 bridgehead atoms. The van der Waals surface area contributed by atoms with Crippen LogP contribution in [0.25, 0.3) is 0 Å². The maximum Gasteiger partial charge on any atom is 0.192 e. The summed E-state index contributed by atoms with van der Waals surface area (Å²) in [5.41, 5.74) is -4.45. The molecule has 5 nitrogen and oxygen atoms in total. The van der Waals surface area contributed by atoms with Crippen molar-refractivity contribution in [2.24, 2.45) is 28.6 Å². The first kappa shape index (κ1) is 33.9. The van der Waals surface area contributed by atoms with Crippen molar-refractivity contribution >= 4 is 28.2 Å². The van der Waals surface area contributed by atoms with Gasteiger partial charge in [0.15, 0.2) is 33.9 Å². The summed E-state index contributed by atoms with van der Waals surface area (Å²) >= 11 is 0. The molecule has 42 heavy (non-hydrogen) atoms. The first-order valence-corrected chi connectivity index (χ1v) is 21.8. The van der Waals surface area contributed by atoms with Gasteiger partial charge in [0.05, 0.1) is 12.7 Å². The van der Waals surface area contributed by atoms with E-state index in [0.717, 1.165) is 5.57 Å². The van der Waals surface area contributed by atoms with Crippen molar-refractivity contribution in [2.45, 2.75) is 142 Å². The molecule has 0 radical (unpaired) electrons. The smallest absolute Gasteiger partial charge is 0.192 e. The maximum absolute atomic E-state index is 18.6. The van der Waals surface area contributed by atoms with Crippen LogP contribution in [0.3, 0.4) is 0 Å². The molecule has 0 heterocycles. The fourth-order valence-corrected chi connectivity index (χ4v) is 10.6. The highest BCUT2D eigenvalue weighted by molar-refractivity contribution is 6.74. The van der Waals surface area contributed by atoms with Gasteiger partial charge in [-0.15, -0.1) is 0 Å². The zero-order valence-corrected chi connectivity index (χ0v) is 30.5. The van der Waals surface area contributed by atoms with E-state index in [1.807, 2.05) is 20.8 Å². The van der Waals surface area contributed by atoms with Crippen LogP contribution in [-0.2, 0) is 18.4 Å². The fourth-order valence-electron chi connectivity index (χ4n) is 8.34. The normalized spacial score (nSPS) is 40.7. The molecule has 0 aromatic rings. The van der Waals surface area contributed by atoms with Crippen LogP contribution in [0.5, 0.6) is 0 Å². The number of carbonyl (C=O) groups is 2. The average Bonchev–Trinajstić information content (AvgIpc) is 3.03. The van der Waals surface area contributed by atoms with Crippen LogP contribution in [0.15, 0.2) is 23.8 Å². The predicted octanol–water partition coefficient (Wildman–Crippen LogP) is 7.95. The molecule has 238 valence electrons. The Kier molecular flexibility index (Phi) is 8.11. The number of fused-ring (bicyclic) bond motifs is 5. The Morgan fingerprint density at radius 1 is 1.05 bits per heavy atom. The Morgan fingerprint density at radius 3 is 2.17 bits per heavy atom. The molecular formula is C34H57FO5Si2. The Balaban J connectivity index is 1.82. The van der Waals surface area contributed by atoms with Crippen LogP contribution in [0.4, 0.5) is 4.39 Å². The second-order valence-electron chi connectivity index (χ2n) is 17.5. The molecule has 4 aliphatic carbocycles. The van der Waals surface area contributed by atoms with Gasteiger partial charge < -0.3 is 14.0 Å². The van der Waals surface area contributed by atoms with E-state index in [9.17, 15) is 14.7 Å². The van der Waals surface area contributed by atoms with E-state index in [-0.39, 0.29) is 46.5 Å². The van der Waals surface area contributed by atoms with Crippen molar-refractivity contribution in [1.29, 1.82) is 0 Å². The van der Waals surface area contributed by atoms with E-state index in [1.54, 1.807) is 12.2 Å². The summed E-state index contributed by atoms with van der Waals surface area (Å²) in [6.07, 6.45) is 6.09. The first-order chi connectivity index (χ1) is 18.8. The van der Waals surface area contributed by atoms with E-state index in [1.165, 1.54) is 6.08 Å². The highest BCUT2D eigenvalue weighted by atomic mass is 28.4. The van der Waals surface area contributed by atoms with Crippen molar-refractivity contribution in [2.75, 3.05) is 6.61 Å². The zero-order valence-electron chi connectivity index (χ0n) is 28.5. The van der Waals surface area contributed by atoms with Crippen molar-refractivity contribution in [3.05, 3.63) is 23.8 Å². The molecule has 3 saturated carbocycles. The lowest BCUT2D eigenvalue weighted by Crippen LogP contribution is -2.71. The van der Waals surface area contributed by atoms with Crippen molar-refractivity contribution < 1.29 is 27.9 Å². The largest absolute Gasteiger partial charge is 0.411 e. The summed E-state index contributed by atoms with van der Waals surface area (Å²) in [7, 11) is -4.72.